The van der Waals surface area contributed by atoms with Crippen molar-refractivity contribution in [2.24, 2.45) is 11.8 Å². The predicted octanol–water partition coefficient (Wildman–Crippen LogP) is 1.81. The van der Waals surface area contributed by atoms with Crippen molar-refractivity contribution < 1.29 is 27.8 Å². The highest BCUT2D eigenvalue weighted by Crippen LogP contribution is 2.60. The summed E-state index contributed by atoms with van der Waals surface area (Å²) < 4.78 is 45.2. The van der Waals surface area contributed by atoms with E-state index >= 15 is 0 Å². The molecule has 0 spiro atoms. The van der Waals surface area contributed by atoms with Crippen LogP contribution in [0.1, 0.15) is 19.8 Å². The molecule has 0 heterocycles. The Morgan fingerprint density at radius 1 is 1.41 bits per heavy atom. The topological polar surface area (TPSA) is 46.5 Å². The smallest absolute Gasteiger partial charge is 0.333 e. The summed E-state index contributed by atoms with van der Waals surface area (Å²) >= 11 is 0. The lowest BCUT2D eigenvalue weighted by atomic mass is 9.89. The molecular weight excluding hydrogens is 237 g/mol. The van der Waals surface area contributed by atoms with Crippen LogP contribution in [-0.2, 0) is 9.53 Å². The van der Waals surface area contributed by atoms with Gasteiger partial charge in [0.15, 0.2) is 0 Å². The van der Waals surface area contributed by atoms with Crippen LogP contribution >= 0.6 is 0 Å². The minimum Gasteiger partial charge on any atom is -0.458 e. The van der Waals surface area contributed by atoms with Gasteiger partial charge in [-0.3, -0.25) is 0 Å². The van der Waals surface area contributed by atoms with E-state index in [1.807, 2.05) is 0 Å². The number of carbonyl (C=O) groups excluding carboxylic acids is 1. The number of aliphatic hydroxyl groups is 1. The maximum atomic E-state index is 13.5. The van der Waals surface area contributed by atoms with Crippen LogP contribution < -0.4 is 0 Å². The Labute approximate surface area is 96.3 Å². The Balaban J connectivity index is 2.13. The van der Waals surface area contributed by atoms with Gasteiger partial charge in [-0.1, -0.05) is 6.58 Å². The molecule has 0 aliphatic heterocycles. The largest absolute Gasteiger partial charge is 0.458 e. The average molecular weight is 250 g/mol. The molecule has 2 aliphatic carbocycles. The third kappa shape index (κ3) is 1.57. The van der Waals surface area contributed by atoms with Crippen molar-refractivity contribution in [1.29, 1.82) is 0 Å². The molecule has 4 unspecified atom stereocenters. The summed E-state index contributed by atoms with van der Waals surface area (Å²) in [5, 5.41) is 9.10. The molecule has 0 aromatic heterocycles. The summed E-state index contributed by atoms with van der Waals surface area (Å²) in [6, 6.07) is 0. The zero-order chi connectivity index (χ0) is 13.0. The van der Waals surface area contributed by atoms with Crippen LogP contribution in [0.25, 0.3) is 0 Å². The van der Waals surface area contributed by atoms with Crippen molar-refractivity contribution in [3.05, 3.63) is 12.2 Å². The molecular formula is C11H13F3O3. The van der Waals surface area contributed by atoms with Gasteiger partial charge in [0.05, 0.1) is 5.92 Å². The minimum atomic E-state index is -3.87. The van der Waals surface area contributed by atoms with Crippen LogP contribution in [-0.4, -0.2) is 29.0 Å². The first-order chi connectivity index (χ1) is 7.68. The lowest BCUT2D eigenvalue weighted by molar-refractivity contribution is -0.289. The van der Waals surface area contributed by atoms with Crippen molar-refractivity contribution in [3.8, 4) is 0 Å². The van der Waals surface area contributed by atoms with Crippen molar-refractivity contribution >= 4 is 5.97 Å². The van der Waals surface area contributed by atoms with Gasteiger partial charge in [0.25, 0.3) is 5.85 Å². The van der Waals surface area contributed by atoms with E-state index in [0.29, 0.717) is 0 Å². The maximum absolute atomic E-state index is 13.5. The molecule has 0 amide bonds. The molecule has 2 rings (SSSR count). The molecule has 96 valence electrons. The fourth-order valence-corrected chi connectivity index (χ4v) is 2.59. The predicted molar refractivity (Wildman–Crippen MR) is 51.9 cm³/mol. The second-order valence-electron chi connectivity index (χ2n) is 4.80. The van der Waals surface area contributed by atoms with Crippen molar-refractivity contribution in [2.45, 2.75) is 37.6 Å². The molecule has 0 aromatic rings. The summed E-state index contributed by atoms with van der Waals surface area (Å²) in [6.07, 6.45) is -1.30. The molecule has 1 N–H and O–H groups in total. The zero-order valence-electron chi connectivity index (χ0n) is 9.25. The van der Waals surface area contributed by atoms with Gasteiger partial charge in [0.1, 0.15) is 6.10 Å². The Kier molecular flexibility index (Phi) is 2.54. The SMILES string of the molecule is C=C(C)C(=O)OC1CC2CC1C(F)(F)C2(O)F. The van der Waals surface area contributed by atoms with Crippen molar-refractivity contribution in [2.75, 3.05) is 0 Å². The lowest BCUT2D eigenvalue weighted by Gasteiger charge is -2.36. The molecule has 17 heavy (non-hydrogen) atoms. The Bertz CT molecular complexity index is 378. The molecule has 2 saturated carbocycles. The van der Waals surface area contributed by atoms with E-state index in [4.69, 9.17) is 9.84 Å². The molecule has 0 radical (unpaired) electrons. The van der Waals surface area contributed by atoms with Gasteiger partial charge in [0, 0.05) is 11.5 Å². The number of halogens is 3. The fourth-order valence-electron chi connectivity index (χ4n) is 2.59. The number of hydrogen-bond acceptors (Lipinski definition) is 3. The second kappa shape index (κ2) is 3.48. The lowest BCUT2D eigenvalue weighted by Crippen LogP contribution is -2.53. The third-order valence-corrected chi connectivity index (χ3v) is 3.59. The number of fused-ring (bicyclic) bond motifs is 2. The van der Waals surface area contributed by atoms with Gasteiger partial charge in [0.2, 0.25) is 0 Å². The number of esters is 1. The average Bonchev–Trinajstić information content (AvgIpc) is 2.67. The number of carbonyl (C=O) groups is 1. The molecule has 0 saturated heterocycles. The summed E-state index contributed by atoms with van der Waals surface area (Å²) in [7, 11) is 0. The van der Waals surface area contributed by atoms with E-state index in [-0.39, 0.29) is 18.4 Å². The molecule has 0 aromatic carbocycles. The summed E-state index contributed by atoms with van der Waals surface area (Å²) in [5.74, 6) is -10.7. The van der Waals surface area contributed by atoms with Crippen molar-refractivity contribution in [1.82, 2.24) is 0 Å². The number of alkyl halides is 3. The van der Waals surface area contributed by atoms with Gasteiger partial charge in [-0.2, -0.15) is 8.78 Å². The third-order valence-electron chi connectivity index (χ3n) is 3.59. The normalized spacial score (nSPS) is 42.5. The van der Waals surface area contributed by atoms with Gasteiger partial charge in [-0.05, 0) is 19.8 Å². The summed E-state index contributed by atoms with van der Waals surface area (Å²) in [6.45, 7) is 4.74. The molecule has 2 aliphatic rings. The quantitative estimate of drug-likeness (QED) is 0.600. The van der Waals surface area contributed by atoms with E-state index in [9.17, 15) is 18.0 Å². The molecule has 2 bridgehead atoms. The van der Waals surface area contributed by atoms with Crippen LogP contribution in [0.3, 0.4) is 0 Å². The highest BCUT2D eigenvalue weighted by molar-refractivity contribution is 5.87. The zero-order valence-corrected chi connectivity index (χ0v) is 9.25. The molecule has 3 nitrogen and oxygen atoms in total. The fraction of sp³-hybridized carbons (Fsp3) is 0.727. The van der Waals surface area contributed by atoms with E-state index in [0.717, 1.165) is 0 Å². The highest BCUT2D eigenvalue weighted by atomic mass is 19.3. The van der Waals surface area contributed by atoms with E-state index in [2.05, 4.69) is 6.58 Å². The van der Waals surface area contributed by atoms with E-state index < -0.39 is 35.7 Å². The molecule has 2 fully saturated rings. The Morgan fingerprint density at radius 3 is 2.41 bits per heavy atom. The maximum Gasteiger partial charge on any atom is 0.333 e. The number of hydrogen-bond donors (Lipinski definition) is 1. The van der Waals surface area contributed by atoms with Gasteiger partial charge in [-0.25, -0.2) is 9.18 Å². The standard InChI is InChI=1S/C11H13F3O3/c1-5(2)9(15)17-8-4-6-3-7(8)10(12,13)11(6,14)16/h6-8,16H,1,3-4H2,2H3. The second-order valence-corrected chi connectivity index (χ2v) is 4.80. The number of rotatable bonds is 2. The van der Waals surface area contributed by atoms with Crippen LogP contribution in [0.2, 0.25) is 0 Å². The van der Waals surface area contributed by atoms with Gasteiger partial charge in [-0.15, -0.1) is 0 Å². The van der Waals surface area contributed by atoms with Gasteiger partial charge < -0.3 is 9.84 Å². The number of ether oxygens (including phenoxy) is 1. The van der Waals surface area contributed by atoms with Crippen LogP contribution in [0, 0.1) is 11.8 Å². The van der Waals surface area contributed by atoms with E-state index in [1.165, 1.54) is 6.92 Å². The first-order valence-electron chi connectivity index (χ1n) is 5.33. The van der Waals surface area contributed by atoms with Crippen LogP contribution in [0.4, 0.5) is 13.2 Å². The van der Waals surface area contributed by atoms with Crippen LogP contribution in [0.15, 0.2) is 12.2 Å². The summed E-state index contributed by atoms with van der Waals surface area (Å²) in [5.41, 5.74) is 0.103. The van der Waals surface area contributed by atoms with Crippen molar-refractivity contribution in [3.63, 3.8) is 0 Å². The van der Waals surface area contributed by atoms with Gasteiger partial charge >= 0.3 is 11.9 Å². The summed E-state index contributed by atoms with van der Waals surface area (Å²) in [4.78, 5) is 11.2. The Morgan fingerprint density at radius 2 is 2.00 bits per heavy atom. The highest BCUT2D eigenvalue weighted by Gasteiger charge is 2.75. The monoisotopic (exact) mass is 250 g/mol. The first-order valence-corrected chi connectivity index (χ1v) is 5.33. The first kappa shape index (κ1) is 12.4. The molecule has 4 atom stereocenters. The van der Waals surface area contributed by atoms with E-state index in [1.54, 1.807) is 0 Å². The minimum absolute atomic E-state index is 0.0771. The Hall–Kier alpha value is -1.04. The molecule has 6 heteroatoms. The van der Waals surface area contributed by atoms with Crippen LogP contribution in [0.5, 0.6) is 0 Å².